The third-order valence-electron chi connectivity index (χ3n) is 6.88. The fourth-order valence-corrected chi connectivity index (χ4v) is 7.04. The molecule has 0 bridgehead atoms. The summed E-state index contributed by atoms with van der Waals surface area (Å²) in [5.74, 6) is 1.26. The average molecular weight is 438 g/mol. The van der Waals surface area contributed by atoms with Crippen LogP contribution >= 0.6 is 11.6 Å². The van der Waals surface area contributed by atoms with Gasteiger partial charge in [-0.05, 0) is 55.2 Å². The van der Waals surface area contributed by atoms with E-state index < -0.39 is 10.0 Å². The molecule has 1 aromatic heterocycles. The van der Waals surface area contributed by atoms with Crippen molar-refractivity contribution >= 4 is 38.6 Å². The van der Waals surface area contributed by atoms with Crippen molar-refractivity contribution in [2.24, 2.45) is 11.3 Å². The summed E-state index contributed by atoms with van der Waals surface area (Å²) < 4.78 is 31.6. The van der Waals surface area contributed by atoms with Crippen LogP contribution in [-0.4, -0.2) is 48.5 Å². The Morgan fingerprint density at radius 3 is 2.69 bits per heavy atom. The Morgan fingerprint density at radius 1 is 1.31 bits per heavy atom. The first kappa shape index (κ1) is 19.3. The van der Waals surface area contributed by atoms with Gasteiger partial charge in [0, 0.05) is 30.5 Å². The summed E-state index contributed by atoms with van der Waals surface area (Å²) in [7, 11) is -3.26. The lowest BCUT2D eigenvalue weighted by molar-refractivity contribution is -0.125. The van der Waals surface area contributed by atoms with Crippen LogP contribution in [0.25, 0.3) is 11.1 Å². The summed E-state index contributed by atoms with van der Waals surface area (Å²) in [5, 5.41) is 3.56. The van der Waals surface area contributed by atoms with Gasteiger partial charge in [0.15, 0.2) is 11.5 Å². The zero-order valence-electron chi connectivity index (χ0n) is 16.4. The Morgan fingerprint density at radius 2 is 2.03 bits per heavy atom. The van der Waals surface area contributed by atoms with Crippen LogP contribution in [0.15, 0.2) is 22.6 Å². The van der Waals surface area contributed by atoms with Crippen molar-refractivity contribution in [1.82, 2.24) is 14.6 Å². The molecule has 2 unspecified atom stereocenters. The van der Waals surface area contributed by atoms with Crippen LogP contribution in [0.1, 0.15) is 44.4 Å². The van der Waals surface area contributed by atoms with E-state index >= 15 is 0 Å². The molecule has 1 spiro atoms. The summed E-state index contributed by atoms with van der Waals surface area (Å²) in [6.07, 6.45) is 5.25. The number of nitrogens with zero attached hydrogens (tertiary/aromatic N) is 2. The van der Waals surface area contributed by atoms with Crippen LogP contribution in [-0.2, 0) is 14.8 Å². The van der Waals surface area contributed by atoms with Gasteiger partial charge in [-0.3, -0.25) is 4.79 Å². The van der Waals surface area contributed by atoms with Crippen LogP contribution in [0.2, 0.25) is 5.02 Å². The van der Waals surface area contributed by atoms with Gasteiger partial charge in [0.2, 0.25) is 15.9 Å². The minimum Gasteiger partial charge on any atom is -0.440 e. The molecular weight excluding hydrogens is 414 g/mol. The molecule has 2 aromatic rings. The first-order valence-corrected chi connectivity index (χ1v) is 12.2. The topological polar surface area (TPSA) is 92.5 Å². The molecule has 3 fully saturated rings. The Bertz CT molecular complexity index is 1080. The molecule has 0 radical (unpaired) electrons. The van der Waals surface area contributed by atoms with E-state index in [1.165, 1.54) is 13.2 Å². The van der Waals surface area contributed by atoms with Gasteiger partial charge in [-0.2, -0.15) is 4.31 Å². The first-order valence-electron chi connectivity index (χ1n) is 9.93. The minimum absolute atomic E-state index is 0.0813. The Balaban J connectivity index is 1.24. The zero-order chi connectivity index (χ0) is 20.6. The molecule has 156 valence electrons. The van der Waals surface area contributed by atoms with E-state index in [2.05, 4.69) is 10.3 Å². The predicted molar refractivity (Wildman–Crippen MR) is 109 cm³/mol. The van der Waals surface area contributed by atoms with E-state index in [4.69, 9.17) is 16.0 Å². The summed E-state index contributed by atoms with van der Waals surface area (Å²) >= 11 is 6.03. The monoisotopic (exact) mass is 437 g/mol. The van der Waals surface area contributed by atoms with Crippen LogP contribution in [0.5, 0.6) is 0 Å². The number of carbonyl (C=O) groups is 1. The Labute approximate surface area is 174 Å². The fourth-order valence-electron chi connectivity index (χ4n) is 5.68. The lowest BCUT2D eigenvalue weighted by Gasteiger charge is -2.63. The van der Waals surface area contributed by atoms with Crippen molar-refractivity contribution in [3.63, 3.8) is 0 Å². The lowest BCUT2D eigenvalue weighted by atomic mass is 9.46. The van der Waals surface area contributed by atoms with Gasteiger partial charge in [-0.1, -0.05) is 11.6 Å². The molecule has 1 amide bonds. The fraction of sp³-hybridized carbons (Fsp3) is 0.600. The van der Waals surface area contributed by atoms with E-state index in [1.807, 2.05) is 12.1 Å². The molecule has 2 atom stereocenters. The lowest BCUT2D eigenvalue weighted by Crippen LogP contribution is -2.72. The number of oxazole rings is 1. The second-order valence-electron chi connectivity index (χ2n) is 9.07. The molecule has 1 aliphatic heterocycles. The normalized spacial score (nSPS) is 34.4. The number of aromatic nitrogens is 1. The number of hydrogen-bond donors (Lipinski definition) is 1. The maximum absolute atomic E-state index is 12.1. The second-order valence-corrected chi connectivity index (χ2v) is 11.4. The summed E-state index contributed by atoms with van der Waals surface area (Å²) in [4.78, 5) is 16.1. The molecule has 2 saturated carbocycles. The Hall–Kier alpha value is -1.64. The summed E-state index contributed by atoms with van der Waals surface area (Å²) in [6.45, 7) is 1.85. The molecule has 1 aromatic carbocycles. The van der Waals surface area contributed by atoms with Crippen LogP contribution < -0.4 is 5.32 Å². The minimum atomic E-state index is -3.26. The largest absolute Gasteiger partial charge is 0.440 e. The van der Waals surface area contributed by atoms with Crippen molar-refractivity contribution in [2.75, 3.05) is 12.8 Å². The number of benzene rings is 1. The SMILES string of the molecule is CC(=O)NC1CN(S(C)(=O)=O)C1C1CC2(CC(c3nc4cc(Cl)ccc4o3)C2)C1. The number of fused-ring (bicyclic) bond motifs is 1. The smallest absolute Gasteiger partial charge is 0.217 e. The van der Waals surface area contributed by atoms with E-state index in [0.717, 1.165) is 42.7 Å². The van der Waals surface area contributed by atoms with E-state index in [0.29, 0.717) is 23.4 Å². The van der Waals surface area contributed by atoms with E-state index in [9.17, 15) is 13.2 Å². The van der Waals surface area contributed by atoms with Gasteiger partial charge in [0.1, 0.15) is 5.52 Å². The van der Waals surface area contributed by atoms with Crippen LogP contribution in [0.3, 0.4) is 0 Å². The van der Waals surface area contributed by atoms with Crippen LogP contribution in [0.4, 0.5) is 0 Å². The van der Waals surface area contributed by atoms with Gasteiger partial charge in [-0.15, -0.1) is 0 Å². The summed E-state index contributed by atoms with van der Waals surface area (Å²) in [6, 6.07) is 5.26. The van der Waals surface area contributed by atoms with Gasteiger partial charge in [-0.25, -0.2) is 13.4 Å². The highest BCUT2D eigenvalue weighted by Gasteiger charge is 2.60. The predicted octanol–water partition coefficient (Wildman–Crippen LogP) is 2.90. The van der Waals surface area contributed by atoms with Gasteiger partial charge in [0.05, 0.1) is 12.3 Å². The second kappa shape index (κ2) is 6.43. The molecular formula is C20H24ClN3O4S. The average Bonchev–Trinajstić information content (AvgIpc) is 2.92. The third kappa shape index (κ3) is 3.25. The van der Waals surface area contributed by atoms with Crippen molar-refractivity contribution in [1.29, 1.82) is 0 Å². The quantitative estimate of drug-likeness (QED) is 0.793. The molecule has 1 N–H and O–H groups in total. The third-order valence-corrected chi connectivity index (χ3v) is 8.36. The molecule has 1 saturated heterocycles. The number of rotatable bonds is 4. The number of sulfonamides is 1. The first-order chi connectivity index (χ1) is 13.6. The van der Waals surface area contributed by atoms with Gasteiger partial charge in [0.25, 0.3) is 0 Å². The molecule has 3 aliphatic rings. The molecule has 2 heterocycles. The zero-order valence-corrected chi connectivity index (χ0v) is 18.0. The number of carbonyl (C=O) groups excluding carboxylic acids is 1. The van der Waals surface area contributed by atoms with Gasteiger partial charge >= 0.3 is 0 Å². The Kier molecular flexibility index (Phi) is 4.28. The molecule has 2 aliphatic carbocycles. The number of nitrogens with one attached hydrogen (secondary N) is 1. The molecule has 29 heavy (non-hydrogen) atoms. The standard InChI is InChI=1S/C20H24ClN3O4S/c1-11(25)22-16-10-24(29(2,26)27)18(16)12-6-20(7-12)8-13(9-20)19-23-15-5-14(21)3-4-17(15)28-19/h3-5,12-13,16,18H,6-10H2,1-2H3,(H,22,25). The number of amides is 1. The maximum Gasteiger partial charge on any atom is 0.217 e. The molecule has 9 heteroatoms. The van der Waals surface area contributed by atoms with Gasteiger partial charge < -0.3 is 9.73 Å². The molecule has 5 rings (SSSR count). The van der Waals surface area contributed by atoms with E-state index in [1.54, 1.807) is 10.4 Å². The maximum atomic E-state index is 12.1. The van der Waals surface area contributed by atoms with Crippen LogP contribution in [0, 0.1) is 11.3 Å². The number of hydrogen-bond acceptors (Lipinski definition) is 5. The van der Waals surface area contributed by atoms with Crippen molar-refractivity contribution in [3.8, 4) is 0 Å². The highest BCUT2D eigenvalue weighted by molar-refractivity contribution is 7.88. The molecule has 7 nitrogen and oxygen atoms in total. The highest BCUT2D eigenvalue weighted by atomic mass is 35.5. The van der Waals surface area contributed by atoms with Crippen molar-refractivity contribution in [3.05, 3.63) is 29.1 Å². The highest BCUT2D eigenvalue weighted by Crippen LogP contribution is 2.65. The van der Waals surface area contributed by atoms with Crippen molar-refractivity contribution in [2.45, 2.75) is 50.6 Å². The van der Waals surface area contributed by atoms with Crippen molar-refractivity contribution < 1.29 is 17.6 Å². The van der Waals surface area contributed by atoms with E-state index in [-0.39, 0.29) is 23.4 Å². The number of halogens is 1. The summed E-state index contributed by atoms with van der Waals surface area (Å²) in [5.41, 5.74) is 1.80.